The summed E-state index contributed by atoms with van der Waals surface area (Å²) in [4.78, 5) is 26.0. The first kappa shape index (κ1) is 18.3. The van der Waals surface area contributed by atoms with E-state index in [-0.39, 0.29) is 31.4 Å². The minimum Gasteiger partial charge on any atom is -0.394 e. The lowest BCUT2D eigenvalue weighted by atomic mass is 10.1. The topological polar surface area (TPSA) is 102 Å². The van der Waals surface area contributed by atoms with Gasteiger partial charge in [0.2, 0.25) is 11.8 Å². The zero-order valence-electron chi connectivity index (χ0n) is 13.2. The number of nitrogens with one attached hydrogen (secondary N) is 2. The van der Waals surface area contributed by atoms with E-state index in [1.807, 2.05) is 4.90 Å². The lowest BCUT2D eigenvalue weighted by Gasteiger charge is -2.35. The van der Waals surface area contributed by atoms with Crippen LogP contribution in [0.2, 0.25) is 0 Å². The first-order valence-corrected chi connectivity index (χ1v) is 7.80. The number of carbonyl (C=O) groups excluding carboxylic acids is 2. The number of rotatable bonds is 7. The van der Waals surface area contributed by atoms with Gasteiger partial charge in [-0.3, -0.25) is 14.5 Å². The van der Waals surface area contributed by atoms with E-state index in [9.17, 15) is 14.0 Å². The quantitative estimate of drug-likeness (QED) is 0.510. The fraction of sp³-hybridized carbons (Fsp3) is 0.500. The maximum absolute atomic E-state index is 13.0. The number of benzene rings is 1. The summed E-state index contributed by atoms with van der Waals surface area (Å²) in [5.41, 5.74) is 0.847. The van der Waals surface area contributed by atoms with Crippen LogP contribution in [0.3, 0.4) is 0 Å². The van der Waals surface area contributed by atoms with Crippen LogP contribution in [0.15, 0.2) is 24.3 Å². The second-order valence-corrected chi connectivity index (χ2v) is 5.74. The average molecular weight is 339 g/mol. The van der Waals surface area contributed by atoms with Crippen molar-refractivity contribution in [1.82, 2.24) is 15.5 Å². The summed E-state index contributed by atoms with van der Waals surface area (Å²) in [5, 5.41) is 23.2. The van der Waals surface area contributed by atoms with Crippen LogP contribution in [0.5, 0.6) is 0 Å². The normalized spacial score (nSPS) is 18.5. The van der Waals surface area contributed by atoms with Crippen molar-refractivity contribution >= 4 is 11.8 Å². The third-order valence-electron chi connectivity index (χ3n) is 3.93. The number of hydrogen-bond acceptors (Lipinski definition) is 5. The van der Waals surface area contributed by atoms with Gasteiger partial charge in [-0.15, -0.1) is 0 Å². The molecular weight excluding hydrogens is 317 g/mol. The standard InChI is InChI=1S/C16H22FN3O4/c17-12-3-1-11(2-4-12)8-20-6-5-18-16(24)14(20)7-15(23)19-13(9-21)10-22/h1-4,13-14,21-22H,5-10H2,(H,18,24)(H,19,23)/t14-/m1/s1. The number of amides is 2. The van der Waals surface area contributed by atoms with Crippen molar-refractivity contribution in [3.8, 4) is 0 Å². The van der Waals surface area contributed by atoms with E-state index >= 15 is 0 Å². The Morgan fingerprint density at radius 2 is 2.00 bits per heavy atom. The highest BCUT2D eigenvalue weighted by molar-refractivity contribution is 5.88. The van der Waals surface area contributed by atoms with E-state index in [1.165, 1.54) is 12.1 Å². The Labute approximate surface area is 139 Å². The van der Waals surface area contributed by atoms with Gasteiger partial charge in [0.15, 0.2) is 0 Å². The molecule has 1 aromatic rings. The van der Waals surface area contributed by atoms with Crippen LogP contribution >= 0.6 is 0 Å². The van der Waals surface area contributed by atoms with Gasteiger partial charge >= 0.3 is 0 Å². The highest BCUT2D eigenvalue weighted by Crippen LogP contribution is 2.14. The summed E-state index contributed by atoms with van der Waals surface area (Å²) in [5.74, 6) is -0.998. The number of nitrogens with zero attached hydrogens (tertiary/aromatic N) is 1. The molecule has 2 amide bonds. The Morgan fingerprint density at radius 3 is 2.62 bits per heavy atom. The molecule has 0 unspecified atom stereocenters. The number of aliphatic hydroxyl groups excluding tert-OH is 2. The molecule has 1 saturated heterocycles. The fourth-order valence-electron chi connectivity index (χ4n) is 2.61. The van der Waals surface area contributed by atoms with Crippen LogP contribution in [0.1, 0.15) is 12.0 Å². The Bertz CT molecular complexity index is 563. The maximum atomic E-state index is 13.0. The molecule has 0 radical (unpaired) electrons. The minimum atomic E-state index is -0.741. The van der Waals surface area contributed by atoms with E-state index in [0.29, 0.717) is 19.6 Å². The molecule has 1 aliphatic heterocycles. The molecule has 1 aliphatic rings. The monoisotopic (exact) mass is 339 g/mol. The fourth-order valence-corrected chi connectivity index (χ4v) is 2.61. The smallest absolute Gasteiger partial charge is 0.237 e. The maximum Gasteiger partial charge on any atom is 0.237 e. The first-order chi connectivity index (χ1) is 11.5. The summed E-state index contributed by atoms with van der Waals surface area (Å²) < 4.78 is 13.0. The highest BCUT2D eigenvalue weighted by Gasteiger charge is 2.31. The van der Waals surface area contributed by atoms with Crippen molar-refractivity contribution in [2.24, 2.45) is 0 Å². The number of aliphatic hydroxyl groups is 2. The zero-order chi connectivity index (χ0) is 17.5. The molecule has 8 heteroatoms. The van der Waals surface area contributed by atoms with Crippen molar-refractivity contribution in [3.05, 3.63) is 35.6 Å². The molecular formula is C16H22FN3O4. The molecule has 1 heterocycles. The van der Waals surface area contributed by atoms with Gasteiger partial charge in [-0.1, -0.05) is 12.1 Å². The molecule has 0 aliphatic carbocycles. The summed E-state index contributed by atoms with van der Waals surface area (Å²) in [6, 6.07) is 4.61. The Morgan fingerprint density at radius 1 is 1.33 bits per heavy atom. The van der Waals surface area contributed by atoms with Gasteiger partial charge in [-0.05, 0) is 17.7 Å². The molecule has 0 bridgehead atoms. The van der Waals surface area contributed by atoms with Gasteiger partial charge in [0.05, 0.1) is 31.7 Å². The van der Waals surface area contributed by atoms with Crippen LogP contribution < -0.4 is 10.6 Å². The molecule has 1 atom stereocenters. The van der Waals surface area contributed by atoms with Crippen LogP contribution in [0.4, 0.5) is 4.39 Å². The zero-order valence-corrected chi connectivity index (χ0v) is 13.2. The average Bonchev–Trinajstić information content (AvgIpc) is 2.58. The molecule has 0 spiro atoms. The second-order valence-electron chi connectivity index (χ2n) is 5.74. The molecule has 0 aromatic heterocycles. The number of piperazine rings is 1. The third kappa shape index (κ3) is 4.98. The van der Waals surface area contributed by atoms with Crippen LogP contribution in [0.25, 0.3) is 0 Å². The van der Waals surface area contributed by atoms with E-state index in [1.54, 1.807) is 12.1 Å². The largest absolute Gasteiger partial charge is 0.394 e. The van der Waals surface area contributed by atoms with Crippen LogP contribution in [-0.4, -0.2) is 65.3 Å². The molecule has 4 N–H and O–H groups in total. The van der Waals surface area contributed by atoms with Crippen molar-refractivity contribution < 1.29 is 24.2 Å². The van der Waals surface area contributed by atoms with Crippen LogP contribution in [0, 0.1) is 5.82 Å². The van der Waals surface area contributed by atoms with Crippen molar-refractivity contribution in [2.75, 3.05) is 26.3 Å². The SMILES string of the molecule is O=C(C[C@@H]1C(=O)NCCN1Cc1ccc(F)cc1)NC(CO)CO. The van der Waals surface area contributed by atoms with E-state index in [0.717, 1.165) is 5.56 Å². The van der Waals surface area contributed by atoms with E-state index in [4.69, 9.17) is 10.2 Å². The predicted molar refractivity (Wildman–Crippen MR) is 84.3 cm³/mol. The third-order valence-corrected chi connectivity index (χ3v) is 3.93. The Hall–Kier alpha value is -2.03. The molecule has 1 fully saturated rings. The Kier molecular flexibility index (Phi) is 6.65. The van der Waals surface area contributed by atoms with E-state index < -0.39 is 18.0 Å². The molecule has 132 valence electrons. The van der Waals surface area contributed by atoms with E-state index in [2.05, 4.69) is 10.6 Å². The van der Waals surface area contributed by atoms with Gasteiger partial charge < -0.3 is 20.8 Å². The number of halogens is 1. The van der Waals surface area contributed by atoms with Crippen molar-refractivity contribution in [3.63, 3.8) is 0 Å². The van der Waals surface area contributed by atoms with Crippen molar-refractivity contribution in [2.45, 2.75) is 25.0 Å². The summed E-state index contributed by atoms with van der Waals surface area (Å²) in [6.07, 6.45) is -0.0798. The molecule has 1 aromatic carbocycles. The highest BCUT2D eigenvalue weighted by atomic mass is 19.1. The minimum absolute atomic E-state index is 0.0798. The lowest BCUT2D eigenvalue weighted by Crippen LogP contribution is -2.56. The van der Waals surface area contributed by atoms with Gasteiger partial charge in [-0.2, -0.15) is 0 Å². The number of carbonyl (C=O) groups is 2. The molecule has 7 nitrogen and oxygen atoms in total. The molecule has 24 heavy (non-hydrogen) atoms. The van der Waals surface area contributed by atoms with Gasteiger partial charge in [0.1, 0.15) is 5.82 Å². The molecule has 0 saturated carbocycles. The first-order valence-electron chi connectivity index (χ1n) is 7.80. The summed E-state index contributed by atoms with van der Waals surface area (Å²) in [7, 11) is 0. The lowest BCUT2D eigenvalue weighted by molar-refractivity contribution is -0.134. The van der Waals surface area contributed by atoms with Crippen molar-refractivity contribution in [1.29, 1.82) is 0 Å². The van der Waals surface area contributed by atoms with Crippen LogP contribution in [-0.2, 0) is 16.1 Å². The van der Waals surface area contributed by atoms with Gasteiger partial charge in [-0.25, -0.2) is 4.39 Å². The summed E-state index contributed by atoms with van der Waals surface area (Å²) >= 11 is 0. The molecule has 2 rings (SSSR count). The van der Waals surface area contributed by atoms with Gasteiger partial charge in [0.25, 0.3) is 0 Å². The second kappa shape index (κ2) is 8.72. The Balaban J connectivity index is 2.01. The number of hydrogen-bond donors (Lipinski definition) is 4. The predicted octanol–water partition coefficient (Wildman–Crippen LogP) is -1.01. The summed E-state index contributed by atoms with van der Waals surface area (Å²) in [6.45, 7) is 0.727. The van der Waals surface area contributed by atoms with Gasteiger partial charge in [0, 0.05) is 19.6 Å².